The van der Waals surface area contributed by atoms with E-state index in [4.69, 9.17) is 28.6 Å². The van der Waals surface area contributed by atoms with Crippen molar-refractivity contribution in [3.8, 4) is 5.75 Å². The number of nitrogens with zero attached hydrogens (tertiary/aromatic N) is 1. The summed E-state index contributed by atoms with van der Waals surface area (Å²) in [6.45, 7) is 6.49. The van der Waals surface area contributed by atoms with Gasteiger partial charge in [-0.3, -0.25) is 9.69 Å². The predicted octanol–water partition coefficient (Wildman–Crippen LogP) is 4.13. The molecule has 0 aliphatic carbocycles. The van der Waals surface area contributed by atoms with E-state index < -0.39 is 0 Å². The third kappa shape index (κ3) is 3.67. The first-order valence-electron chi connectivity index (χ1n) is 6.35. The molecule has 110 valence electrons. The van der Waals surface area contributed by atoms with Crippen LogP contribution < -0.4 is 4.74 Å². The smallest absolute Gasteiger partial charge is 0.266 e. The van der Waals surface area contributed by atoms with Gasteiger partial charge in [0.2, 0.25) is 0 Å². The molecular weight excluding hydrogens is 326 g/mol. The van der Waals surface area contributed by atoms with Crippen molar-refractivity contribution in [2.24, 2.45) is 0 Å². The zero-order chi connectivity index (χ0) is 15.4. The first kappa shape index (κ1) is 16.1. The summed E-state index contributed by atoms with van der Waals surface area (Å²) in [4.78, 5) is 14.4. The van der Waals surface area contributed by atoms with Gasteiger partial charge in [0.05, 0.1) is 11.5 Å². The monoisotopic (exact) mass is 339 g/mol. The molecule has 0 spiro atoms. The first-order valence-corrected chi connectivity index (χ1v) is 7.95. The number of hydrogen-bond acceptors (Lipinski definition) is 4. The number of carbonyl (C=O) groups excluding carboxylic acids is 1. The van der Waals surface area contributed by atoms with Crippen LogP contribution in [0.25, 0.3) is 6.08 Å². The maximum atomic E-state index is 12.3. The summed E-state index contributed by atoms with van der Waals surface area (Å²) in [7, 11) is 0. The maximum absolute atomic E-state index is 12.3. The van der Waals surface area contributed by atoms with Crippen LogP contribution in [0.4, 0.5) is 0 Å². The number of benzene rings is 1. The minimum Gasteiger partial charge on any atom is -0.493 e. The summed E-state index contributed by atoms with van der Waals surface area (Å²) >= 11 is 12.5. The van der Waals surface area contributed by atoms with Gasteiger partial charge in [-0.1, -0.05) is 41.7 Å². The minimum absolute atomic E-state index is 0.118. The van der Waals surface area contributed by atoms with Crippen LogP contribution in [0.2, 0.25) is 5.02 Å². The Labute approximate surface area is 138 Å². The summed E-state index contributed by atoms with van der Waals surface area (Å²) in [5.74, 6) is 0.572. The lowest BCUT2D eigenvalue weighted by atomic mass is 10.2. The van der Waals surface area contributed by atoms with Crippen LogP contribution in [0.15, 0.2) is 35.8 Å². The van der Waals surface area contributed by atoms with Gasteiger partial charge in [-0.25, -0.2) is 0 Å². The number of ether oxygens (including phenoxy) is 1. The molecule has 1 heterocycles. The zero-order valence-corrected chi connectivity index (χ0v) is 13.9. The minimum atomic E-state index is -0.118. The molecule has 21 heavy (non-hydrogen) atoms. The van der Waals surface area contributed by atoms with Crippen LogP contribution in [0.5, 0.6) is 5.75 Å². The van der Waals surface area contributed by atoms with Gasteiger partial charge >= 0.3 is 0 Å². The number of carbonyl (C=O) groups is 1. The van der Waals surface area contributed by atoms with Crippen LogP contribution in [-0.4, -0.2) is 28.3 Å². The Morgan fingerprint density at radius 3 is 2.95 bits per heavy atom. The summed E-state index contributed by atoms with van der Waals surface area (Å²) < 4.78 is 6.09. The van der Waals surface area contributed by atoms with E-state index in [1.807, 2.05) is 6.92 Å². The molecule has 1 amide bonds. The molecule has 0 aromatic heterocycles. The number of hydrogen-bond donors (Lipinski definition) is 0. The third-order valence-electron chi connectivity index (χ3n) is 2.74. The van der Waals surface area contributed by atoms with Crippen molar-refractivity contribution in [2.45, 2.75) is 6.92 Å². The highest BCUT2D eigenvalue weighted by Gasteiger charge is 2.31. The highest BCUT2D eigenvalue weighted by molar-refractivity contribution is 8.26. The summed E-state index contributed by atoms with van der Waals surface area (Å²) in [6.07, 6.45) is 3.41. The average molecular weight is 340 g/mol. The molecule has 1 aliphatic rings. The van der Waals surface area contributed by atoms with Crippen molar-refractivity contribution in [1.82, 2.24) is 4.90 Å². The van der Waals surface area contributed by atoms with Gasteiger partial charge < -0.3 is 4.74 Å². The molecule has 1 aromatic carbocycles. The van der Waals surface area contributed by atoms with Gasteiger partial charge in [0.15, 0.2) is 0 Å². The Hall–Kier alpha value is -1.30. The second-order valence-electron chi connectivity index (χ2n) is 4.20. The molecule has 0 N–H and O–H groups in total. The van der Waals surface area contributed by atoms with E-state index in [0.717, 1.165) is 5.56 Å². The molecule has 1 saturated heterocycles. The van der Waals surface area contributed by atoms with E-state index >= 15 is 0 Å². The van der Waals surface area contributed by atoms with Crippen molar-refractivity contribution in [3.05, 3.63) is 46.3 Å². The number of rotatable bonds is 5. The van der Waals surface area contributed by atoms with Crippen LogP contribution >= 0.6 is 35.6 Å². The lowest BCUT2D eigenvalue weighted by Crippen LogP contribution is -2.27. The fourth-order valence-corrected chi connectivity index (χ4v) is 3.29. The van der Waals surface area contributed by atoms with Crippen molar-refractivity contribution in [1.29, 1.82) is 0 Å². The Morgan fingerprint density at radius 2 is 2.29 bits per heavy atom. The van der Waals surface area contributed by atoms with Gasteiger partial charge in [-0.05, 0) is 31.2 Å². The zero-order valence-electron chi connectivity index (χ0n) is 11.5. The van der Waals surface area contributed by atoms with Crippen molar-refractivity contribution in [3.63, 3.8) is 0 Å². The SMILES string of the molecule is C=CCN1C(=O)/C(=C/c2cc(Cl)ccc2OCC)SC1=S. The molecule has 1 fully saturated rings. The van der Waals surface area contributed by atoms with Gasteiger partial charge in [-0.15, -0.1) is 6.58 Å². The number of thioether (sulfide) groups is 1. The van der Waals surface area contributed by atoms with Crippen molar-refractivity contribution >= 4 is 51.9 Å². The summed E-state index contributed by atoms with van der Waals surface area (Å²) in [5.41, 5.74) is 0.767. The van der Waals surface area contributed by atoms with E-state index in [0.29, 0.717) is 33.1 Å². The van der Waals surface area contributed by atoms with E-state index in [9.17, 15) is 4.79 Å². The molecule has 1 aliphatic heterocycles. The predicted molar refractivity (Wildman–Crippen MR) is 92.7 cm³/mol. The molecular formula is C15H14ClNO2S2. The fourth-order valence-electron chi connectivity index (χ4n) is 1.85. The lowest BCUT2D eigenvalue weighted by Gasteiger charge is -2.10. The quantitative estimate of drug-likeness (QED) is 0.458. The number of amides is 1. The Kier molecular flexibility index (Phi) is 5.45. The van der Waals surface area contributed by atoms with Crippen molar-refractivity contribution in [2.75, 3.05) is 13.2 Å². The molecule has 0 bridgehead atoms. The highest BCUT2D eigenvalue weighted by atomic mass is 35.5. The van der Waals surface area contributed by atoms with Crippen LogP contribution in [-0.2, 0) is 4.79 Å². The largest absolute Gasteiger partial charge is 0.493 e. The summed E-state index contributed by atoms with van der Waals surface area (Å²) in [5, 5.41) is 0.589. The van der Waals surface area contributed by atoms with Crippen molar-refractivity contribution < 1.29 is 9.53 Å². The topological polar surface area (TPSA) is 29.5 Å². The Bertz CT molecular complexity index is 628. The molecule has 1 aromatic rings. The van der Waals surface area contributed by atoms with E-state index in [1.165, 1.54) is 16.7 Å². The highest BCUT2D eigenvalue weighted by Crippen LogP contribution is 2.34. The van der Waals surface area contributed by atoms with Gasteiger partial charge in [-0.2, -0.15) is 0 Å². The normalized spacial score (nSPS) is 16.7. The standard InChI is InChI=1S/C15H14ClNO2S2/c1-3-7-17-14(18)13(21-15(17)20)9-10-8-11(16)5-6-12(10)19-4-2/h3,5-6,8-9H,1,4,7H2,2H3/b13-9-. The molecule has 0 radical (unpaired) electrons. The Balaban J connectivity index is 2.36. The number of thiocarbonyl (C=S) groups is 1. The maximum Gasteiger partial charge on any atom is 0.266 e. The number of halogens is 1. The Morgan fingerprint density at radius 1 is 1.52 bits per heavy atom. The van der Waals surface area contributed by atoms with E-state index in [1.54, 1.807) is 30.4 Å². The summed E-state index contributed by atoms with van der Waals surface area (Å²) in [6, 6.07) is 5.32. The second kappa shape index (κ2) is 7.11. The molecule has 0 saturated carbocycles. The molecule has 0 unspecified atom stereocenters. The third-order valence-corrected chi connectivity index (χ3v) is 4.36. The van der Waals surface area contributed by atoms with Gasteiger partial charge in [0, 0.05) is 17.1 Å². The lowest BCUT2D eigenvalue weighted by molar-refractivity contribution is -0.121. The van der Waals surface area contributed by atoms with Gasteiger partial charge in [0.25, 0.3) is 5.91 Å². The fraction of sp³-hybridized carbons (Fsp3) is 0.200. The molecule has 3 nitrogen and oxygen atoms in total. The van der Waals surface area contributed by atoms with Crippen LogP contribution in [0, 0.1) is 0 Å². The molecule has 6 heteroatoms. The second-order valence-corrected chi connectivity index (χ2v) is 6.31. The molecule has 0 atom stereocenters. The molecule has 2 rings (SSSR count). The van der Waals surface area contributed by atoms with E-state index in [-0.39, 0.29) is 5.91 Å². The average Bonchev–Trinajstić information content (AvgIpc) is 2.70. The van der Waals surface area contributed by atoms with E-state index in [2.05, 4.69) is 6.58 Å². The van der Waals surface area contributed by atoms with Crippen LogP contribution in [0.1, 0.15) is 12.5 Å². The van der Waals surface area contributed by atoms with Gasteiger partial charge in [0.1, 0.15) is 10.1 Å². The van der Waals surface area contributed by atoms with Crippen LogP contribution in [0.3, 0.4) is 0 Å². The first-order chi connectivity index (χ1) is 10.1.